The zero-order valence-electron chi connectivity index (χ0n) is 9.12. The number of esters is 1. The lowest BCUT2D eigenvalue weighted by Gasteiger charge is -2.06. The van der Waals surface area contributed by atoms with Gasteiger partial charge in [-0.1, -0.05) is 19.4 Å². The second-order valence-corrected chi connectivity index (χ2v) is 3.32. The van der Waals surface area contributed by atoms with E-state index in [1.54, 1.807) is 13.0 Å². The van der Waals surface area contributed by atoms with Crippen molar-refractivity contribution in [1.82, 2.24) is 0 Å². The second kappa shape index (κ2) is 5.39. The number of aryl methyl sites for hydroxylation is 1. The molecule has 1 aromatic rings. The largest absolute Gasteiger partial charge is 0.507 e. The Hall–Kier alpha value is -1.51. The van der Waals surface area contributed by atoms with Crippen LogP contribution in [0, 0.1) is 0 Å². The monoisotopic (exact) mass is 208 g/mol. The molecule has 1 rings (SSSR count). The fraction of sp³-hybridized carbons (Fsp3) is 0.417. The van der Waals surface area contributed by atoms with Crippen molar-refractivity contribution in [3.05, 3.63) is 29.3 Å². The van der Waals surface area contributed by atoms with Crippen molar-refractivity contribution >= 4 is 5.97 Å². The fourth-order valence-corrected chi connectivity index (χ4v) is 1.40. The Balaban J connectivity index is 2.94. The summed E-state index contributed by atoms with van der Waals surface area (Å²) in [6.07, 6.45) is 1.90. The van der Waals surface area contributed by atoms with Gasteiger partial charge in [0.15, 0.2) is 0 Å². The topological polar surface area (TPSA) is 46.5 Å². The van der Waals surface area contributed by atoms with Gasteiger partial charge in [-0.15, -0.1) is 0 Å². The zero-order chi connectivity index (χ0) is 11.3. The van der Waals surface area contributed by atoms with E-state index in [2.05, 4.69) is 6.92 Å². The van der Waals surface area contributed by atoms with Gasteiger partial charge in [0, 0.05) is 0 Å². The number of rotatable bonds is 4. The molecule has 0 heterocycles. The van der Waals surface area contributed by atoms with Crippen molar-refractivity contribution in [3.8, 4) is 5.75 Å². The average Bonchev–Trinajstić information content (AvgIpc) is 2.21. The highest BCUT2D eigenvalue weighted by Crippen LogP contribution is 2.20. The van der Waals surface area contributed by atoms with E-state index in [0.717, 1.165) is 18.4 Å². The highest BCUT2D eigenvalue weighted by molar-refractivity contribution is 5.92. The van der Waals surface area contributed by atoms with Crippen LogP contribution in [0.5, 0.6) is 5.75 Å². The molecule has 0 atom stereocenters. The van der Waals surface area contributed by atoms with Crippen LogP contribution in [0.15, 0.2) is 18.2 Å². The summed E-state index contributed by atoms with van der Waals surface area (Å²) < 4.78 is 4.84. The van der Waals surface area contributed by atoms with Crippen molar-refractivity contribution < 1.29 is 14.6 Å². The first-order valence-corrected chi connectivity index (χ1v) is 5.18. The Labute approximate surface area is 89.7 Å². The molecule has 0 unspecified atom stereocenters. The van der Waals surface area contributed by atoms with E-state index in [-0.39, 0.29) is 11.3 Å². The lowest BCUT2D eigenvalue weighted by Crippen LogP contribution is -2.05. The number of ether oxygens (including phenoxy) is 1. The molecule has 0 radical (unpaired) electrons. The Morgan fingerprint density at radius 2 is 2.13 bits per heavy atom. The summed E-state index contributed by atoms with van der Waals surface area (Å²) in [6.45, 7) is 4.12. The maximum atomic E-state index is 11.4. The summed E-state index contributed by atoms with van der Waals surface area (Å²) in [5.41, 5.74) is 1.29. The van der Waals surface area contributed by atoms with Gasteiger partial charge in [-0.2, -0.15) is 0 Å². The second-order valence-electron chi connectivity index (χ2n) is 3.32. The minimum absolute atomic E-state index is 0.0201. The lowest BCUT2D eigenvalue weighted by molar-refractivity contribution is 0.0523. The minimum atomic E-state index is -0.465. The van der Waals surface area contributed by atoms with Gasteiger partial charge >= 0.3 is 5.97 Å². The predicted octanol–water partition coefficient (Wildman–Crippen LogP) is 2.52. The third kappa shape index (κ3) is 2.98. The molecule has 1 N–H and O–H groups in total. The molecule has 0 aromatic heterocycles. The quantitative estimate of drug-likeness (QED) is 0.773. The van der Waals surface area contributed by atoms with Crippen LogP contribution >= 0.6 is 0 Å². The Morgan fingerprint density at radius 1 is 1.40 bits per heavy atom. The smallest absolute Gasteiger partial charge is 0.341 e. The van der Waals surface area contributed by atoms with Gasteiger partial charge in [0.25, 0.3) is 0 Å². The summed E-state index contributed by atoms with van der Waals surface area (Å²) in [5.74, 6) is -0.485. The summed E-state index contributed by atoms with van der Waals surface area (Å²) in [6, 6.07) is 5.05. The van der Waals surface area contributed by atoms with E-state index in [4.69, 9.17) is 4.74 Å². The molecule has 0 fully saturated rings. The lowest BCUT2D eigenvalue weighted by atomic mass is 10.1. The van der Waals surface area contributed by atoms with Crippen LogP contribution in [0.1, 0.15) is 36.2 Å². The number of phenolic OH excluding ortho intramolecular Hbond substituents is 1. The first-order valence-electron chi connectivity index (χ1n) is 5.18. The SMILES string of the molecule is CCCc1ccc(O)c(C(=O)OCC)c1. The Kier molecular flexibility index (Phi) is 4.16. The molecule has 0 amide bonds. The van der Waals surface area contributed by atoms with Crippen LogP contribution in [0.25, 0.3) is 0 Å². The van der Waals surface area contributed by atoms with E-state index < -0.39 is 5.97 Å². The van der Waals surface area contributed by atoms with Crippen molar-refractivity contribution in [2.45, 2.75) is 26.7 Å². The summed E-state index contributed by atoms with van der Waals surface area (Å²) in [7, 11) is 0. The molecule has 15 heavy (non-hydrogen) atoms. The molecule has 0 aliphatic carbocycles. The number of carbonyl (C=O) groups is 1. The number of carbonyl (C=O) groups excluding carboxylic acids is 1. The van der Waals surface area contributed by atoms with Crippen LogP contribution in [-0.2, 0) is 11.2 Å². The number of phenols is 1. The molecule has 0 aliphatic rings. The van der Waals surface area contributed by atoms with E-state index in [1.807, 2.05) is 6.07 Å². The van der Waals surface area contributed by atoms with E-state index >= 15 is 0 Å². The molecular formula is C12H16O3. The predicted molar refractivity (Wildman–Crippen MR) is 58.1 cm³/mol. The average molecular weight is 208 g/mol. The maximum Gasteiger partial charge on any atom is 0.341 e. The fourth-order valence-electron chi connectivity index (χ4n) is 1.40. The summed E-state index contributed by atoms with van der Waals surface area (Å²) >= 11 is 0. The van der Waals surface area contributed by atoms with Crippen molar-refractivity contribution in [2.24, 2.45) is 0 Å². The Bertz CT molecular complexity index is 345. The van der Waals surface area contributed by atoms with Crippen LogP contribution in [0.4, 0.5) is 0 Å². The minimum Gasteiger partial charge on any atom is -0.507 e. The van der Waals surface area contributed by atoms with Crippen LogP contribution < -0.4 is 0 Å². The molecule has 3 heteroatoms. The molecule has 1 aromatic carbocycles. The van der Waals surface area contributed by atoms with E-state index in [9.17, 15) is 9.90 Å². The first kappa shape index (κ1) is 11.6. The van der Waals surface area contributed by atoms with Gasteiger partial charge in [0.05, 0.1) is 6.61 Å². The molecule has 0 saturated heterocycles. The van der Waals surface area contributed by atoms with Crippen LogP contribution in [0.3, 0.4) is 0 Å². The number of hydrogen-bond donors (Lipinski definition) is 1. The molecular weight excluding hydrogens is 192 g/mol. The van der Waals surface area contributed by atoms with Gasteiger partial charge in [-0.05, 0) is 31.0 Å². The molecule has 0 aliphatic heterocycles. The van der Waals surface area contributed by atoms with Crippen LogP contribution in [-0.4, -0.2) is 17.7 Å². The van der Waals surface area contributed by atoms with Gasteiger partial charge in [-0.3, -0.25) is 0 Å². The van der Waals surface area contributed by atoms with Gasteiger partial charge < -0.3 is 9.84 Å². The molecule has 82 valence electrons. The standard InChI is InChI=1S/C12H16O3/c1-3-5-9-6-7-11(13)10(8-9)12(14)15-4-2/h6-8,13H,3-5H2,1-2H3. The number of benzene rings is 1. The van der Waals surface area contributed by atoms with E-state index in [0.29, 0.717) is 6.61 Å². The summed E-state index contributed by atoms with van der Waals surface area (Å²) in [5, 5.41) is 9.50. The van der Waals surface area contributed by atoms with Crippen molar-refractivity contribution in [2.75, 3.05) is 6.61 Å². The number of aromatic hydroxyl groups is 1. The normalized spacial score (nSPS) is 10.0. The number of hydrogen-bond acceptors (Lipinski definition) is 3. The van der Waals surface area contributed by atoms with E-state index in [1.165, 1.54) is 6.07 Å². The Morgan fingerprint density at radius 3 is 2.73 bits per heavy atom. The summed E-state index contributed by atoms with van der Waals surface area (Å²) in [4.78, 5) is 11.4. The van der Waals surface area contributed by atoms with Gasteiger partial charge in [-0.25, -0.2) is 4.79 Å². The third-order valence-corrected chi connectivity index (χ3v) is 2.09. The molecule has 3 nitrogen and oxygen atoms in total. The van der Waals surface area contributed by atoms with Crippen molar-refractivity contribution in [3.63, 3.8) is 0 Å². The van der Waals surface area contributed by atoms with Gasteiger partial charge in [0.2, 0.25) is 0 Å². The highest BCUT2D eigenvalue weighted by Gasteiger charge is 2.12. The van der Waals surface area contributed by atoms with Crippen molar-refractivity contribution in [1.29, 1.82) is 0 Å². The zero-order valence-corrected chi connectivity index (χ0v) is 9.12. The first-order chi connectivity index (χ1) is 7.19. The maximum absolute atomic E-state index is 11.4. The molecule has 0 spiro atoms. The third-order valence-electron chi connectivity index (χ3n) is 2.09. The molecule has 0 saturated carbocycles. The van der Waals surface area contributed by atoms with Gasteiger partial charge in [0.1, 0.15) is 11.3 Å². The highest BCUT2D eigenvalue weighted by atomic mass is 16.5. The van der Waals surface area contributed by atoms with Crippen LogP contribution in [0.2, 0.25) is 0 Å². The molecule has 0 bridgehead atoms.